The summed E-state index contributed by atoms with van der Waals surface area (Å²) in [4.78, 5) is 12.8. The number of hydrogen-bond acceptors (Lipinski definition) is 2. The predicted molar refractivity (Wildman–Crippen MR) is 116 cm³/mol. The van der Waals surface area contributed by atoms with Crippen LogP contribution < -0.4 is 5.32 Å². The van der Waals surface area contributed by atoms with Crippen LogP contribution in [0, 0.1) is 19.7 Å². The number of nitrogens with zero attached hydrogens (tertiary/aromatic N) is 2. The Morgan fingerprint density at radius 3 is 2.40 bits per heavy atom. The Hall–Kier alpha value is -2.95. The van der Waals surface area contributed by atoms with Gasteiger partial charge in [0.05, 0.1) is 17.8 Å². The molecule has 0 unspecified atom stereocenters. The van der Waals surface area contributed by atoms with Gasteiger partial charge in [0.1, 0.15) is 5.82 Å². The van der Waals surface area contributed by atoms with Crippen molar-refractivity contribution in [2.24, 2.45) is 0 Å². The first-order valence-corrected chi connectivity index (χ1v) is 10.6. The molecule has 0 bridgehead atoms. The van der Waals surface area contributed by atoms with Crippen LogP contribution in [0.2, 0.25) is 0 Å². The fraction of sp³-hybridized carbons (Fsp3) is 0.360. The van der Waals surface area contributed by atoms with Crippen molar-refractivity contribution in [2.75, 3.05) is 6.54 Å². The molecule has 0 spiro atoms. The summed E-state index contributed by atoms with van der Waals surface area (Å²) in [6.45, 7) is 4.54. The molecule has 1 aromatic heterocycles. The Morgan fingerprint density at radius 2 is 1.73 bits per heavy atom. The van der Waals surface area contributed by atoms with Gasteiger partial charge in [-0.15, -0.1) is 0 Å². The highest BCUT2D eigenvalue weighted by Crippen LogP contribution is 2.40. The van der Waals surface area contributed by atoms with Crippen LogP contribution >= 0.6 is 0 Å². The molecule has 1 N–H and O–H groups in total. The van der Waals surface area contributed by atoms with Gasteiger partial charge in [-0.05, 0) is 56.5 Å². The van der Waals surface area contributed by atoms with E-state index in [0.29, 0.717) is 13.0 Å². The first kappa shape index (κ1) is 20.3. The highest BCUT2D eigenvalue weighted by molar-refractivity contribution is 5.79. The Balaban J connectivity index is 1.47. The lowest BCUT2D eigenvalue weighted by Gasteiger charge is -2.30. The number of nitrogens with one attached hydrogen (secondary N) is 1. The van der Waals surface area contributed by atoms with E-state index in [1.807, 2.05) is 61.0 Å². The fourth-order valence-corrected chi connectivity index (χ4v) is 4.66. The molecule has 1 fully saturated rings. The summed E-state index contributed by atoms with van der Waals surface area (Å²) in [6.07, 6.45) is 4.61. The molecule has 4 nitrogen and oxygen atoms in total. The van der Waals surface area contributed by atoms with Crippen LogP contribution in [0.25, 0.3) is 5.69 Å². The molecule has 0 aliphatic heterocycles. The molecule has 1 aliphatic rings. The zero-order valence-corrected chi connectivity index (χ0v) is 17.6. The lowest BCUT2D eigenvalue weighted by molar-refractivity contribution is -0.120. The van der Waals surface area contributed by atoms with Gasteiger partial charge in [0.15, 0.2) is 0 Å². The molecule has 1 saturated carbocycles. The van der Waals surface area contributed by atoms with Crippen molar-refractivity contribution in [1.29, 1.82) is 0 Å². The molecule has 0 saturated heterocycles. The van der Waals surface area contributed by atoms with Crippen LogP contribution in [0.15, 0.2) is 54.6 Å². The summed E-state index contributed by atoms with van der Waals surface area (Å²) >= 11 is 0. The molecule has 5 heteroatoms. The first-order valence-electron chi connectivity index (χ1n) is 10.6. The minimum absolute atomic E-state index is 0.00204. The number of aromatic nitrogens is 2. The van der Waals surface area contributed by atoms with E-state index in [2.05, 4.69) is 10.4 Å². The van der Waals surface area contributed by atoms with E-state index in [9.17, 15) is 9.18 Å². The maximum atomic E-state index is 13.4. The second-order valence-corrected chi connectivity index (χ2v) is 8.34. The summed E-state index contributed by atoms with van der Waals surface area (Å²) in [5.74, 6) is -0.223. The molecular weight excluding hydrogens is 377 g/mol. The smallest absolute Gasteiger partial charge is 0.224 e. The highest BCUT2D eigenvalue weighted by Gasteiger charge is 2.36. The van der Waals surface area contributed by atoms with E-state index in [-0.39, 0.29) is 17.1 Å². The average Bonchev–Trinajstić information content (AvgIpc) is 3.35. The van der Waals surface area contributed by atoms with Gasteiger partial charge in [0, 0.05) is 23.2 Å². The number of para-hydroxylation sites is 1. The minimum atomic E-state index is -0.225. The molecule has 30 heavy (non-hydrogen) atoms. The second-order valence-electron chi connectivity index (χ2n) is 8.34. The molecule has 1 heterocycles. The third-order valence-corrected chi connectivity index (χ3v) is 6.42. The Kier molecular flexibility index (Phi) is 5.71. The van der Waals surface area contributed by atoms with Crippen LogP contribution in [0.3, 0.4) is 0 Å². The number of benzene rings is 2. The largest absolute Gasteiger partial charge is 0.355 e. The maximum Gasteiger partial charge on any atom is 0.224 e. The summed E-state index contributed by atoms with van der Waals surface area (Å²) in [5, 5.41) is 7.80. The van der Waals surface area contributed by atoms with E-state index in [0.717, 1.165) is 53.9 Å². The molecule has 3 aromatic rings. The van der Waals surface area contributed by atoms with E-state index in [1.54, 1.807) is 0 Å². The lowest BCUT2D eigenvalue weighted by Crippen LogP contribution is -2.39. The Bertz CT molecular complexity index is 1020. The third-order valence-electron chi connectivity index (χ3n) is 6.42. The Labute approximate surface area is 177 Å². The van der Waals surface area contributed by atoms with Crippen LogP contribution in [-0.4, -0.2) is 22.2 Å². The van der Waals surface area contributed by atoms with Gasteiger partial charge in [0.2, 0.25) is 5.91 Å². The zero-order chi connectivity index (χ0) is 21.1. The number of carbonyl (C=O) groups excluding carboxylic acids is 1. The summed E-state index contributed by atoms with van der Waals surface area (Å²) < 4.78 is 15.3. The van der Waals surface area contributed by atoms with Gasteiger partial charge in [-0.3, -0.25) is 4.79 Å². The number of rotatable bonds is 6. The third kappa shape index (κ3) is 4.02. The standard InChI is InChI=1S/C25H28FN3O/c1-18-23(19(2)29(28-18)22-8-4-3-5-9-22)16-24(30)27-17-25(14-6-7-15-25)20-10-12-21(26)13-11-20/h3-5,8-13H,6-7,14-17H2,1-2H3,(H,27,30). The van der Waals surface area contributed by atoms with Crippen molar-refractivity contribution in [2.45, 2.75) is 51.4 Å². The average molecular weight is 406 g/mol. The van der Waals surface area contributed by atoms with E-state index in [1.165, 1.54) is 12.1 Å². The Morgan fingerprint density at radius 1 is 1.07 bits per heavy atom. The molecular formula is C25H28FN3O. The zero-order valence-electron chi connectivity index (χ0n) is 17.6. The molecule has 1 amide bonds. The molecule has 1 aliphatic carbocycles. The second kappa shape index (κ2) is 8.42. The number of hydrogen-bond donors (Lipinski definition) is 1. The van der Waals surface area contributed by atoms with Gasteiger partial charge in [-0.2, -0.15) is 5.10 Å². The number of carbonyl (C=O) groups is 1. The monoisotopic (exact) mass is 405 g/mol. The van der Waals surface area contributed by atoms with Crippen molar-refractivity contribution in [3.63, 3.8) is 0 Å². The minimum Gasteiger partial charge on any atom is -0.355 e. The normalized spacial score (nSPS) is 15.3. The van der Waals surface area contributed by atoms with Gasteiger partial charge < -0.3 is 5.32 Å². The number of halogens is 1. The summed E-state index contributed by atoms with van der Waals surface area (Å²) in [5.41, 5.74) is 4.85. The first-order chi connectivity index (χ1) is 14.5. The van der Waals surface area contributed by atoms with Crippen LogP contribution in [0.1, 0.15) is 48.2 Å². The van der Waals surface area contributed by atoms with Gasteiger partial charge in [-0.1, -0.05) is 43.2 Å². The molecule has 0 radical (unpaired) electrons. The molecule has 156 valence electrons. The van der Waals surface area contributed by atoms with E-state index < -0.39 is 0 Å². The molecule has 0 atom stereocenters. The van der Waals surface area contributed by atoms with Crippen molar-refractivity contribution < 1.29 is 9.18 Å². The molecule has 4 rings (SSSR count). The quantitative estimate of drug-likeness (QED) is 0.640. The lowest BCUT2D eigenvalue weighted by atomic mass is 9.78. The highest BCUT2D eigenvalue weighted by atomic mass is 19.1. The van der Waals surface area contributed by atoms with Crippen molar-refractivity contribution in [1.82, 2.24) is 15.1 Å². The van der Waals surface area contributed by atoms with Crippen LogP contribution in [0.5, 0.6) is 0 Å². The summed E-state index contributed by atoms with van der Waals surface area (Å²) in [7, 11) is 0. The van der Waals surface area contributed by atoms with Gasteiger partial charge >= 0.3 is 0 Å². The van der Waals surface area contributed by atoms with Crippen molar-refractivity contribution in [3.05, 3.63) is 82.9 Å². The predicted octanol–water partition coefficient (Wildman–Crippen LogP) is 4.80. The van der Waals surface area contributed by atoms with E-state index >= 15 is 0 Å². The number of amides is 1. The maximum absolute atomic E-state index is 13.4. The van der Waals surface area contributed by atoms with Gasteiger partial charge in [0.25, 0.3) is 0 Å². The van der Waals surface area contributed by atoms with Crippen LogP contribution in [-0.2, 0) is 16.6 Å². The fourth-order valence-electron chi connectivity index (χ4n) is 4.66. The van der Waals surface area contributed by atoms with Crippen LogP contribution in [0.4, 0.5) is 4.39 Å². The molecule has 2 aromatic carbocycles. The van der Waals surface area contributed by atoms with E-state index in [4.69, 9.17) is 0 Å². The van der Waals surface area contributed by atoms with Gasteiger partial charge in [-0.25, -0.2) is 9.07 Å². The van der Waals surface area contributed by atoms with Crippen molar-refractivity contribution >= 4 is 5.91 Å². The topological polar surface area (TPSA) is 46.9 Å². The number of aryl methyl sites for hydroxylation is 1. The SMILES string of the molecule is Cc1nn(-c2ccccc2)c(C)c1CC(=O)NCC1(c2ccc(F)cc2)CCCC1. The van der Waals surface area contributed by atoms with Crippen molar-refractivity contribution in [3.8, 4) is 5.69 Å². The summed E-state index contributed by atoms with van der Waals surface area (Å²) in [6, 6.07) is 16.7.